The van der Waals surface area contributed by atoms with Crippen molar-refractivity contribution in [2.45, 2.75) is 18.7 Å². The van der Waals surface area contributed by atoms with Crippen LogP contribution in [0.2, 0.25) is 0 Å². The summed E-state index contributed by atoms with van der Waals surface area (Å²) < 4.78 is 26.8. The van der Waals surface area contributed by atoms with Crippen LogP contribution in [-0.4, -0.2) is 15.0 Å². The van der Waals surface area contributed by atoms with Gasteiger partial charge in [-0.05, 0) is 28.8 Å². The molecule has 2 aromatic rings. The number of sulfonamides is 1. The molecule has 18 heavy (non-hydrogen) atoms. The predicted molar refractivity (Wildman–Crippen MR) is 74.0 cm³/mol. The fraction of sp³-hybridized carbons (Fsp3) is 0.286. The summed E-state index contributed by atoms with van der Waals surface area (Å²) in [6, 6.07) is 12.9. The maximum atomic E-state index is 12.1. The molecule has 0 unspecified atom stereocenters. The average Bonchev–Trinajstić information content (AvgIpc) is 2.36. The second kappa shape index (κ2) is 5.08. The molecule has 0 aromatic heterocycles. The van der Waals surface area contributed by atoms with Crippen molar-refractivity contribution in [3.05, 3.63) is 42.5 Å². The van der Waals surface area contributed by atoms with Crippen molar-refractivity contribution in [1.29, 1.82) is 0 Å². The molecule has 0 atom stereocenters. The molecule has 0 saturated carbocycles. The van der Waals surface area contributed by atoms with Gasteiger partial charge in [0.05, 0.1) is 4.90 Å². The lowest BCUT2D eigenvalue weighted by molar-refractivity contribution is 0.560. The maximum absolute atomic E-state index is 12.1. The highest BCUT2D eigenvalue weighted by atomic mass is 32.2. The van der Waals surface area contributed by atoms with Crippen molar-refractivity contribution in [2.75, 3.05) is 6.54 Å². The van der Waals surface area contributed by atoms with E-state index in [1.165, 1.54) is 0 Å². The minimum Gasteiger partial charge on any atom is -0.211 e. The van der Waals surface area contributed by atoms with Gasteiger partial charge in [-0.25, -0.2) is 13.1 Å². The monoisotopic (exact) mass is 263 g/mol. The molecule has 0 amide bonds. The van der Waals surface area contributed by atoms with E-state index in [9.17, 15) is 8.42 Å². The van der Waals surface area contributed by atoms with E-state index < -0.39 is 10.0 Å². The quantitative estimate of drug-likeness (QED) is 0.922. The zero-order chi connectivity index (χ0) is 13.2. The Morgan fingerprint density at radius 2 is 1.72 bits per heavy atom. The third kappa shape index (κ3) is 2.89. The van der Waals surface area contributed by atoms with Gasteiger partial charge in [-0.3, -0.25) is 0 Å². The van der Waals surface area contributed by atoms with E-state index in [2.05, 4.69) is 4.72 Å². The molecule has 96 valence electrons. The van der Waals surface area contributed by atoms with Crippen molar-refractivity contribution in [3.63, 3.8) is 0 Å². The molecule has 0 heterocycles. The third-order valence-corrected chi connectivity index (χ3v) is 4.13. The summed E-state index contributed by atoms with van der Waals surface area (Å²) in [7, 11) is -3.40. The molecule has 0 bridgehead atoms. The fourth-order valence-electron chi connectivity index (χ4n) is 1.69. The maximum Gasteiger partial charge on any atom is 0.240 e. The number of benzene rings is 2. The Hall–Kier alpha value is -1.39. The van der Waals surface area contributed by atoms with Gasteiger partial charge in [-0.1, -0.05) is 44.2 Å². The first-order valence-corrected chi connectivity index (χ1v) is 7.46. The van der Waals surface area contributed by atoms with Gasteiger partial charge in [0.15, 0.2) is 0 Å². The Balaban J connectivity index is 2.35. The zero-order valence-electron chi connectivity index (χ0n) is 10.6. The topological polar surface area (TPSA) is 46.2 Å². The van der Waals surface area contributed by atoms with Crippen molar-refractivity contribution < 1.29 is 8.42 Å². The Labute approximate surface area is 108 Å². The Morgan fingerprint density at radius 1 is 1.06 bits per heavy atom. The summed E-state index contributed by atoms with van der Waals surface area (Å²) >= 11 is 0. The Bertz CT molecular complexity index is 648. The van der Waals surface area contributed by atoms with Gasteiger partial charge < -0.3 is 0 Å². The molecule has 2 rings (SSSR count). The van der Waals surface area contributed by atoms with E-state index in [0.29, 0.717) is 17.4 Å². The molecule has 4 heteroatoms. The van der Waals surface area contributed by atoms with Crippen molar-refractivity contribution in [2.24, 2.45) is 5.92 Å². The molecule has 1 N–H and O–H groups in total. The van der Waals surface area contributed by atoms with Gasteiger partial charge in [0.2, 0.25) is 10.0 Å². The van der Waals surface area contributed by atoms with Gasteiger partial charge >= 0.3 is 0 Å². The van der Waals surface area contributed by atoms with Crippen molar-refractivity contribution >= 4 is 20.8 Å². The molecule has 0 radical (unpaired) electrons. The lowest BCUT2D eigenvalue weighted by atomic mass is 10.1. The van der Waals surface area contributed by atoms with Crippen LogP contribution in [0.5, 0.6) is 0 Å². The number of hydrogen-bond acceptors (Lipinski definition) is 2. The van der Waals surface area contributed by atoms with Crippen LogP contribution in [0.1, 0.15) is 13.8 Å². The lowest BCUT2D eigenvalue weighted by Gasteiger charge is -2.09. The minimum absolute atomic E-state index is 0.292. The molecule has 0 aliphatic rings. The highest BCUT2D eigenvalue weighted by Gasteiger charge is 2.14. The standard InChI is InChI=1S/C14H17NO2S/c1-11(2)10-15-18(16,17)14-8-7-12-5-3-4-6-13(12)9-14/h3-9,11,15H,10H2,1-2H3. The average molecular weight is 263 g/mol. The molecule has 0 spiro atoms. The van der Waals surface area contributed by atoms with Crippen LogP contribution in [0.3, 0.4) is 0 Å². The van der Waals surface area contributed by atoms with Crippen LogP contribution in [-0.2, 0) is 10.0 Å². The van der Waals surface area contributed by atoms with Crippen LogP contribution < -0.4 is 4.72 Å². The van der Waals surface area contributed by atoms with Gasteiger partial charge in [-0.2, -0.15) is 0 Å². The summed E-state index contributed by atoms with van der Waals surface area (Å²) in [5.74, 6) is 0.292. The first kappa shape index (κ1) is 13.1. The molecule has 0 aliphatic heterocycles. The molecular formula is C14H17NO2S. The minimum atomic E-state index is -3.40. The van der Waals surface area contributed by atoms with E-state index in [1.807, 2.05) is 44.2 Å². The number of hydrogen-bond donors (Lipinski definition) is 1. The van der Waals surface area contributed by atoms with Crippen LogP contribution in [0, 0.1) is 5.92 Å². The Morgan fingerprint density at radius 3 is 2.39 bits per heavy atom. The summed E-state index contributed by atoms with van der Waals surface area (Å²) in [5, 5.41) is 1.98. The highest BCUT2D eigenvalue weighted by Crippen LogP contribution is 2.18. The number of fused-ring (bicyclic) bond motifs is 1. The van der Waals surface area contributed by atoms with Gasteiger partial charge in [0.25, 0.3) is 0 Å². The summed E-state index contributed by atoms with van der Waals surface area (Å²) in [6.07, 6.45) is 0. The van der Waals surface area contributed by atoms with Gasteiger partial charge in [-0.15, -0.1) is 0 Å². The van der Waals surface area contributed by atoms with E-state index in [-0.39, 0.29) is 0 Å². The summed E-state index contributed by atoms with van der Waals surface area (Å²) in [5.41, 5.74) is 0. The van der Waals surface area contributed by atoms with Crippen LogP contribution in [0.4, 0.5) is 0 Å². The second-order valence-corrected chi connectivity index (χ2v) is 6.52. The number of rotatable bonds is 4. The lowest BCUT2D eigenvalue weighted by Crippen LogP contribution is -2.27. The molecular weight excluding hydrogens is 246 g/mol. The second-order valence-electron chi connectivity index (χ2n) is 4.75. The normalized spacial score (nSPS) is 12.2. The van der Waals surface area contributed by atoms with Crippen LogP contribution in [0.15, 0.2) is 47.4 Å². The highest BCUT2D eigenvalue weighted by molar-refractivity contribution is 7.89. The van der Waals surface area contributed by atoms with E-state index >= 15 is 0 Å². The first-order valence-electron chi connectivity index (χ1n) is 5.97. The largest absolute Gasteiger partial charge is 0.240 e. The molecule has 0 saturated heterocycles. The molecule has 0 fully saturated rings. The summed E-state index contributed by atoms with van der Waals surface area (Å²) in [4.78, 5) is 0.321. The molecule has 0 aliphatic carbocycles. The van der Waals surface area contributed by atoms with E-state index in [1.54, 1.807) is 12.1 Å². The first-order chi connectivity index (χ1) is 8.49. The van der Waals surface area contributed by atoms with Crippen molar-refractivity contribution in [1.82, 2.24) is 4.72 Å². The Kier molecular flexibility index (Phi) is 3.68. The third-order valence-electron chi connectivity index (χ3n) is 2.71. The fourth-order valence-corrected chi connectivity index (χ4v) is 2.94. The predicted octanol–water partition coefficient (Wildman–Crippen LogP) is 2.77. The smallest absolute Gasteiger partial charge is 0.211 e. The van der Waals surface area contributed by atoms with Gasteiger partial charge in [0.1, 0.15) is 0 Å². The van der Waals surface area contributed by atoms with Gasteiger partial charge in [0, 0.05) is 6.54 Å². The SMILES string of the molecule is CC(C)CNS(=O)(=O)c1ccc2ccccc2c1. The van der Waals surface area contributed by atoms with Crippen molar-refractivity contribution in [3.8, 4) is 0 Å². The summed E-state index contributed by atoms with van der Waals surface area (Å²) in [6.45, 7) is 4.40. The zero-order valence-corrected chi connectivity index (χ0v) is 11.4. The molecule has 2 aromatic carbocycles. The van der Waals surface area contributed by atoms with E-state index in [0.717, 1.165) is 10.8 Å². The molecule has 3 nitrogen and oxygen atoms in total. The number of nitrogens with one attached hydrogen (secondary N) is 1. The van der Waals surface area contributed by atoms with Crippen LogP contribution >= 0.6 is 0 Å². The van der Waals surface area contributed by atoms with Crippen LogP contribution in [0.25, 0.3) is 10.8 Å². The van der Waals surface area contributed by atoms with E-state index in [4.69, 9.17) is 0 Å².